The number of rotatable bonds is 2. The van der Waals surface area contributed by atoms with E-state index in [0.717, 1.165) is 11.3 Å². The number of alkyl halides is 2. The molecule has 132 valence electrons. The molecule has 1 spiro atoms. The third-order valence-corrected chi connectivity index (χ3v) is 5.15. The molecule has 2 aliphatic heterocycles. The minimum Gasteiger partial charge on any atom is -0.383 e. The molecule has 1 atom stereocenters. The zero-order valence-electron chi connectivity index (χ0n) is 13.7. The second-order valence-electron chi connectivity index (χ2n) is 7.82. The van der Waals surface area contributed by atoms with Gasteiger partial charge in [0.2, 0.25) is 0 Å². The molecule has 3 rings (SSSR count). The predicted octanol–water partition coefficient (Wildman–Crippen LogP) is 1.72. The molecule has 1 aliphatic carbocycles. The van der Waals surface area contributed by atoms with Crippen LogP contribution in [0.15, 0.2) is 0 Å². The Labute approximate surface area is 134 Å². The molecule has 0 aromatic rings. The molecule has 2 saturated heterocycles. The Morgan fingerprint density at radius 1 is 1.17 bits per heavy atom. The van der Waals surface area contributed by atoms with Crippen LogP contribution in [0.3, 0.4) is 0 Å². The number of morpholine rings is 1. The fourth-order valence-corrected chi connectivity index (χ4v) is 3.91. The van der Waals surface area contributed by atoms with Crippen LogP contribution < -0.4 is 0 Å². The standard InChI is InChI=1S/C16H25F2NO4/c1-13(2)9-19(10-14(23-13)5-4-8-22-11-14)12(20)16(17,18)15(21)6-3-7-15/h21H,3-11H2,1-2H3. The molecular weight excluding hydrogens is 308 g/mol. The molecule has 3 fully saturated rings. The summed E-state index contributed by atoms with van der Waals surface area (Å²) in [6.45, 7) is 4.67. The molecule has 0 aromatic heterocycles. The van der Waals surface area contributed by atoms with Crippen LogP contribution >= 0.6 is 0 Å². The van der Waals surface area contributed by atoms with E-state index in [1.165, 1.54) is 0 Å². The lowest BCUT2D eigenvalue weighted by Crippen LogP contribution is -2.68. The summed E-state index contributed by atoms with van der Waals surface area (Å²) in [4.78, 5) is 13.7. The fourth-order valence-electron chi connectivity index (χ4n) is 3.91. The lowest BCUT2D eigenvalue weighted by atomic mass is 9.74. The maximum Gasteiger partial charge on any atom is 0.352 e. The molecule has 3 aliphatic rings. The Bertz CT molecular complexity index is 484. The average molecular weight is 333 g/mol. The SMILES string of the molecule is CC1(C)CN(C(=O)C(F)(F)C2(O)CCC2)CC2(CCCOC2)O1. The minimum atomic E-state index is -3.75. The fraction of sp³-hybridized carbons (Fsp3) is 0.938. The van der Waals surface area contributed by atoms with Gasteiger partial charge in [-0.3, -0.25) is 4.79 Å². The first-order valence-corrected chi connectivity index (χ1v) is 8.27. The van der Waals surface area contributed by atoms with Crippen LogP contribution in [0.4, 0.5) is 8.78 Å². The Hall–Kier alpha value is -0.790. The largest absolute Gasteiger partial charge is 0.383 e. The van der Waals surface area contributed by atoms with Crippen molar-refractivity contribution in [2.24, 2.45) is 0 Å². The number of hydrogen-bond donors (Lipinski definition) is 1. The molecule has 23 heavy (non-hydrogen) atoms. The van der Waals surface area contributed by atoms with Gasteiger partial charge in [0.15, 0.2) is 0 Å². The van der Waals surface area contributed by atoms with Crippen molar-refractivity contribution >= 4 is 5.91 Å². The van der Waals surface area contributed by atoms with E-state index in [9.17, 15) is 18.7 Å². The molecule has 0 bridgehead atoms. The van der Waals surface area contributed by atoms with Crippen molar-refractivity contribution in [1.82, 2.24) is 4.90 Å². The first-order valence-electron chi connectivity index (χ1n) is 8.27. The van der Waals surface area contributed by atoms with Crippen molar-refractivity contribution in [2.45, 2.75) is 68.7 Å². The summed E-state index contributed by atoms with van der Waals surface area (Å²) in [6, 6.07) is 0. The van der Waals surface area contributed by atoms with E-state index >= 15 is 0 Å². The van der Waals surface area contributed by atoms with Crippen LogP contribution in [0, 0.1) is 0 Å². The maximum absolute atomic E-state index is 14.5. The lowest BCUT2D eigenvalue weighted by molar-refractivity contribution is -0.252. The number of hydrogen-bond acceptors (Lipinski definition) is 4. The number of ether oxygens (including phenoxy) is 2. The highest BCUT2D eigenvalue weighted by Crippen LogP contribution is 2.46. The monoisotopic (exact) mass is 333 g/mol. The number of halogens is 2. The highest BCUT2D eigenvalue weighted by atomic mass is 19.3. The van der Waals surface area contributed by atoms with Crippen molar-refractivity contribution in [3.05, 3.63) is 0 Å². The van der Waals surface area contributed by atoms with E-state index in [4.69, 9.17) is 9.47 Å². The number of aliphatic hydroxyl groups is 1. The van der Waals surface area contributed by atoms with Gasteiger partial charge < -0.3 is 19.5 Å². The third kappa shape index (κ3) is 2.87. The van der Waals surface area contributed by atoms with Gasteiger partial charge in [-0.05, 0) is 46.0 Å². The van der Waals surface area contributed by atoms with Crippen molar-refractivity contribution in [3.63, 3.8) is 0 Å². The van der Waals surface area contributed by atoms with Crippen molar-refractivity contribution < 1.29 is 28.2 Å². The van der Waals surface area contributed by atoms with Crippen LogP contribution in [0.2, 0.25) is 0 Å². The van der Waals surface area contributed by atoms with Crippen LogP contribution in [0.5, 0.6) is 0 Å². The Kier molecular flexibility index (Phi) is 3.97. The van der Waals surface area contributed by atoms with E-state index in [-0.39, 0.29) is 25.9 Å². The van der Waals surface area contributed by atoms with Gasteiger partial charge in [-0.15, -0.1) is 0 Å². The molecule has 1 unspecified atom stereocenters. The van der Waals surface area contributed by atoms with Gasteiger partial charge in [-0.25, -0.2) is 0 Å². The Morgan fingerprint density at radius 3 is 2.39 bits per heavy atom. The van der Waals surface area contributed by atoms with E-state index < -0.39 is 28.6 Å². The van der Waals surface area contributed by atoms with Crippen LogP contribution in [-0.2, 0) is 14.3 Å². The summed E-state index contributed by atoms with van der Waals surface area (Å²) in [5.74, 6) is -5.05. The first-order chi connectivity index (χ1) is 10.6. The van der Waals surface area contributed by atoms with Crippen molar-refractivity contribution in [2.75, 3.05) is 26.3 Å². The van der Waals surface area contributed by atoms with Crippen LogP contribution in [0.25, 0.3) is 0 Å². The van der Waals surface area contributed by atoms with Gasteiger partial charge in [-0.2, -0.15) is 8.78 Å². The Balaban J connectivity index is 1.82. The summed E-state index contributed by atoms with van der Waals surface area (Å²) in [5.41, 5.74) is -3.65. The number of amides is 1. The second-order valence-corrected chi connectivity index (χ2v) is 7.82. The smallest absolute Gasteiger partial charge is 0.352 e. The molecule has 0 radical (unpaired) electrons. The summed E-state index contributed by atoms with van der Waals surface area (Å²) in [6.07, 6.45) is 1.90. The number of carbonyl (C=O) groups excluding carboxylic acids is 1. The molecule has 1 N–H and O–H groups in total. The lowest BCUT2D eigenvalue weighted by Gasteiger charge is -2.52. The summed E-state index contributed by atoms with van der Waals surface area (Å²) in [5, 5.41) is 10.0. The van der Waals surface area contributed by atoms with E-state index in [1.54, 1.807) is 13.8 Å². The zero-order valence-corrected chi connectivity index (χ0v) is 13.7. The van der Waals surface area contributed by atoms with E-state index in [0.29, 0.717) is 26.1 Å². The summed E-state index contributed by atoms with van der Waals surface area (Å²) >= 11 is 0. The van der Waals surface area contributed by atoms with E-state index in [1.807, 2.05) is 0 Å². The molecule has 2 heterocycles. The van der Waals surface area contributed by atoms with Gasteiger partial charge >= 0.3 is 5.92 Å². The van der Waals surface area contributed by atoms with Gasteiger partial charge in [0, 0.05) is 13.2 Å². The first kappa shape index (κ1) is 17.0. The summed E-state index contributed by atoms with van der Waals surface area (Å²) < 4.78 is 40.6. The second kappa shape index (κ2) is 5.36. The Morgan fingerprint density at radius 2 is 1.87 bits per heavy atom. The molecule has 1 amide bonds. The van der Waals surface area contributed by atoms with Gasteiger partial charge in [-0.1, -0.05) is 0 Å². The summed E-state index contributed by atoms with van der Waals surface area (Å²) in [7, 11) is 0. The minimum absolute atomic E-state index is 0.0340. The number of carbonyl (C=O) groups is 1. The quantitative estimate of drug-likeness (QED) is 0.836. The highest BCUT2D eigenvalue weighted by Gasteiger charge is 2.63. The highest BCUT2D eigenvalue weighted by molar-refractivity contribution is 5.85. The van der Waals surface area contributed by atoms with Crippen molar-refractivity contribution in [1.29, 1.82) is 0 Å². The van der Waals surface area contributed by atoms with Gasteiger partial charge in [0.25, 0.3) is 5.91 Å². The predicted molar refractivity (Wildman–Crippen MR) is 78.3 cm³/mol. The molecule has 7 heteroatoms. The molecular formula is C16H25F2NO4. The third-order valence-electron chi connectivity index (χ3n) is 5.15. The molecule has 5 nitrogen and oxygen atoms in total. The van der Waals surface area contributed by atoms with Gasteiger partial charge in [0.1, 0.15) is 11.2 Å². The van der Waals surface area contributed by atoms with Crippen LogP contribution in [-0.4, -0.2) is 64.9 Å². The zero-order chi connectivity index (χ0) is 16.9. The van der Waals surface area contributed by atoms with Gasteiger partial charge in [0.05, 0.1) is 18.8 Å². The average Bonchev–Trinajstić information content (AvgIpc) is 2.42. The molecule has 0 aromatic carbocycles. The normalized spacial score (nSPS) is 33.3. The number of nitrogens with zero attached hydrogens (tertiary/aromatic N) is 1. The van der Waals surface area contributed by atoms with Crippen molar-refractivity contribution in [3.8, 4) is 0 Å². The van der Waals surface area contributed by atoms with E-state index in [2.05, 4.69) is 0 Å². The topological polar surface area (TPSA) is 59.0 Å². The molecule has 1 saturated carbocycles. The maximum atomic E-state index is 14.5. The van der Waals surface area contributed by atoms with Crippen LogP contribution in [0.1, 0.15) is 46.0 Å².